The van der Waals surface area contributed by atoms with E-state index in [1.165, 1.54) is 55.6 Å². The van der Waals surface area contributed by atoms with E-state index in [4.69, 9.17) is 0 Å². The summed E-state index contributed by atoms with van der Waals surface area (Å²) in [6, 6.07) is 10.8. The third kappa shape index (κ3) is 5.20. The van der Waals surface area contributed by atoms with Gasteiger partial charge in [0.25, 0.3) is 5.91 Å². The zero-order chi connectivity index (χ0) is 19.4. The molecule has 0 aliphatic heterocycles. The van der Waals surface area contributed by atoms with Gasteiger partial charge in [0, 0.05) is 5.56 Å². The molecule has 0 radical (unpaired) electrons. The fraction of sp³-hybridized carbons (Fsp3) is 0.188. The first kappa shape index (κ1) is 19.7. The van der Waals surface area contributed by atoms with Crippen LogP contribution in [0.3, 0.4) is 0 Å². The quantitative estimate of drug-likeness (QED) is 0.797. The number of amides is 1. The largest absolute Gasteiger partial charge is 0.482 e. The Morgan fingerprint density at radius 2 is 1.69 bits per heavy atom. The predicted octanol–water partition coefficient (Wildman–Crippen LogP) is 2.79. The van der Waals surface area contributed by atoms with Crippen molar-refractivity contribution >= 4 is 21.6 Å². The Hall–Kier alpha value is -2.59. The molecular weight excluding hydrogens is 373 g/mol. The number of nitrogens with one attached hydrogen (secondary N) is 2. The summed E-state index contributed by atoms with van der Waals surface area (Å²) in [5.74, 6) is -0.756. The number of benzene rings is 2. The minimum atomic E-state index is -4.51. The molecule has 0 atom stereocenters. The standard InChI is InChI=1S/C16H15F3N2O4S/c1-20-26(23,24)12-8-6-11(7-9-12)15(22)21-13-4-2-3-5-14(13)25-10-16(17,18)19/h2-9,20H,10H2,1H3,(H,21,22). The van der Waals surface area contributed by atoms with Gasteiger partial charge in [-0.1, -0.05) is 12.1 Å². The van der Waals surface area contributed by atoms with Crippen molar-refractivity contribution in [2.75, 3.05) is 19.0 Å². The molecule has 0 saturated heterocycles. The summed E-state index contributed by atoms with van der Waals surface area (Å²) in [5, 5.41) is 2.44. The Labute approximate surface area is 148 Å². The number of carbonyl (C=O) groups excluding carboxylic acids is 1. The highest BCUT2D eigenvalue weighted by Crippen LogP contribution is 2.26. The van der Waals surface area contributed by atoms with E-state index in [0.717, 1.165) is 0 Å². The topological polar surface area (TPSA) is 84.5 Å². The average Bonchev–Trinajstić information content (AvgIpc) is 2.60. The van der Waals surface area contributed by atoms with Gasteiger partial charge in [0.05, 0.1) is 10.6 Å². The summed E-state index contributed by atoms with van der Waals surface area (Å²) in [4.78, 5) is 12.2. The van der Waals surface area contributed by atoms with Gasteiger partial charge in [-0.2, -0.15) is 13.2 Å². The van der Waals surface area contributed by atoms with Gasteiger partial charge in [-0.05, 0) is 43.4 Å². The molecule has 0 aliphatic carbocycles. The number of hydrogen-bond donors (Lipinski definition) is 2. The summed E-state index contributed by atoms with van der Waals surface area (Å²) in [5.41, 5.74) is 0.194. The van der Waals surface area contributed by atoms with Crippen LogP contribution in [0, 0.1) is 0 Å². The highest BCUT2D eigenvalue weighted by Gasteiger charge is 2.29. The smallest absolute Gasteiger partial charge is 0.422 e. The highest BCUT2D eigenvalue weighted by molar-refractivity contribution is 7.89. The van der Waals surface area contributed by atoms with Crippen molar-refractivity contribution in [3.63, 3.8) is 0 Å². The van der Waals surface area contributed by atoms with Crippen LogP contribution in [0.1, 0.15) is 10.4 Å². The van der Waals surface area contributed by atoms with E-state index < -0.39 is 28.7 Å². The number of ether oxygens (including phenoxy) is 1. The van der Waals surface area contributed by atoms with Gasteiger partial charge in [-0.25, -0.2) is 13.1 Å². The Balaban J connectivity index is 2.15. The van der Waals surface area contributed by atoms with Crippen molar-refractivity contribution < 1.29 is 31.1 Å². The number of sulfonamides is 1. The maximum absolute atomic E-state index is 12.3. The Morgan fingerprint density at radius 1 is 1.08 bits per heavy atom. The molecule has 2 N–H and O–H groups in total. The van der Waals surface area contributed by atoms with Crippen LogP contribution in [0.25, 0.3) is 0 Å². The summed E-state index contributed by atoms with van der Waals surface area (Å²) in [7, 11) is -2.38. The third-order valence-corrected chi connectivity index (χ3v) is 4.65. The van der Waals surface area contributed by atoms with Crippen LogP contribution in [0.4, 0.5) is 18.9 Å². The number of para-hydroxylation sites is 2. The van der Waals surface area contributed by atoms with E-state index >= 15 is 0 Å². The second-order valence-corrected chi connectivity index (χ2v) is 6.97. The third-order valence-electron chi connectivity index (χ3n) is 3.22. The second kappa shape index (κ2) is 7.75. The lowest BCUT2D eigenvalue weighted by molar-refractivity contribution is -0.153. The lowest BCUT2D eigenvalue weighted by Gasteiger charge is -2.14. The van der Waals surface area contributed by atoms with Crippen molar-refractivity contribution in [2.24, 2.45) is 0 Å². The lowest BCUT2D eigenvalue weighted by Crippen LogP contribution is -2.20. The summed E-state index contributed by atoms with van der Waals surface area (Å²) in [6.07, 6.45) is -4.51. The molecule has 2 aromatic rings. The first-order chi connectivity index (χ1) is 12.1. The number of carbonyl (C=O) groups is 1. The maximum atomic E-state index is 12.3. The molecule has 2 aromatic carbocycles. The first-order valence-corrected chi connectivity index (χ1v) is 8.74. The summed E-state index contributed by atoms with van der Waals surface area (Å²) < 4.78 is 67.0. The molecular formula is C16H15F3N2O4S. The zero-order valence-corrected chi connectivity index (χ0v) is 14.3. The van der Waals surface area contributed by atoms with Crippen molar-refractivity contribution in [3.8, 4) is 5.75 Å². The average molecular weight is 388 g/mol. The maximum Gasteiger partial charge on any atom is 0.422 e. The normalized spacial score (nSPS) is 11.8. The molecule has 140 valence electrons. The van der Waals surface area contributed by atoms with Crippen molar-refractivity contribution in [1.29, 1.82) is 0 Å². The lowest BCUT2D eigenvalue weighted by atomic mass is 10.2. The van der Waals surface area contributed by atoms with E-state index in [9.17, 15) is 26.4 Å². The SMILES string of the molecule is CNS(=O)(=O)c1ccc(C(=O)Nc2ccccc2OCC(F)(F)F)cc1. The van der Waals surface area contributed by atoms with Gasteiger partial charge in [-0.3, -0.25) is 4.79 Å². The van der Waals surface area contributed by atoms with E-state index in [1.807, 2.05) is 0 Å². The molecule has 2 rings (SSSR count). The van der Waals surface area contributed by atoms with Crippen LogP contribution in [0.5, 0.6) is 5.75 Å². The molecule has 0 aliphatic rings. The van der Waals surface area contributed by atoms with E-state index in [1.54, 1.807) is 0 Å². The first-order valence-electron chi connectivity index (χ1n) is 7.26. The monoisotopic (exact) mass is 388 g/mol. The fourth-order valence-electron chi connectivity index (χ4n) is 1.95. The van der Waals surface area contributed by atoms with Gasteiger partial charge in [0.1, 0.15) is 5.75 Å². The molecule has 10 heteroatoms. The number of alkyl halides is 3. The molecule has 26 heavy (non-hydrogen) atoms. The molecule has 1 amide bonds. The van der Waals surface area contributed by atoms with Crippen LogP contribution in [-0.2, 0) is 10.0 Å². The second-order valence-electron chi connectivity index (χ2n) is 5.09. The van der Waals surface area contributed by atoms with Crippen molar-refractivity contribution in [3.05, 3.63) is 54.1 Å². The van der Waals surface area contributed by atoms with Crippen LogP contribution < -0.4 is 14.8 Å². The van der Waals surface area contributed by atoms with Gasteiger partial charge in [0.2, 0.25) is 10.0 Å². The predicted molar refractivity (Wildman–Crippen MR) is 88.6 cm³/mol. The van der Waals surface area contributed by atoms with Crippen LogP contribution >= 0.6 is 0 Å². The van der Waals surface area contributed by atoms with Gasteiger partial charge in [-0.15, -0.1) is 0 Å². The molecule has 0 aromatic heterocycles. The van der Waals surface area contributed by atoms with Gasteiger partial charge < -0.3 is 10.1 Å². The van der Waals surface area contributed by atoms with E-state index in [-0.39, 0.29) is 21.9 Å². The van der Waals surface area contributed by atoms with E-state index in [2.05, 4.69) is 14.8 Å². The number of anilines is 1. The van der Waals surface area contributed by atoms with Crippen LogP contribution in [0.15, 0.2) is 53.4 Å². The molecule has 0 bridgehead atoms. The van der Waals surface area contributed by atoms with Crippen LogP contribution in [0.2, 0.25) is 0 Å². The number of rotatable bonds is 6. The van der Waals surface area contributed by atoms with Crippen molar-refractivity contribution in [1.82, 2.24) is 4.72 Å². The molecule has 6 nitrogen and oxygen atoms in total. The van der Waals surface area contributed by atoms with Gasteiger partial charge in [0.15, 0.2) is 6.61 Å². The Bertz CT molecular complexity index is 881. The Kier molecular flexibility index (Phi) is 5.88. The van der Waals surface area contributed by atoms with Crippen LogP contribution in [-0.4, -0.2) is 34.2 Å². The summed E-state index contributed by atoms with van der Waals surface area (Å²) >= 11 is 0. The zero-order valence-electron chi connectivity index (χ0n) is 13.5. The fourth-order valence-corrected chi connectivity index (χ4v) is 2.68. The number of hydrogen-bond acceptors (Lipinski definition) is 4. The molecule has 0 saturated carbocycles. The molecule has 0 spiro atoms. The summed E-state index contributed by atoms with van der Waals surface area (Å²) in [6.45, 7) is -1.49. The molecule has 0 heterocycles. The molecule has 0 unspecified atom stereocenters. The number of halogens is 3. The minimum absolute atomic E-state index is 0.0227. The minimum Gasteiger partial charge on any atom is -0.482 e. The van der Waals surface area contributed by atoms with Crippen molar-refractivity contribution in [2.45, 2.75) is 11.1 Å². The Morgan fingerprint density at radius 3 is 2.27 bits per heavy atom. The van der Waals surface area contributed by atoms with Gasteiger partial charge >= 0.3 is 6.18 Å². The highest BCUT2D eigenvalue weighted by atomic mass is 32.2. The van der Waals surface area contributed by atoms with E-state index in [0.29, 0.717) is 0 Å². The molecule has 0 fully saturated rings.